The van der Waals surface area contributed by atoms with Gasteiger partial charge in [-0.25, -0.2) is 4.39 Å². The van der Waals surface area contributed by atoms with Crippen LogP contribution >= 0.6 is 11.3 Å². The maximum absolute atomic E-state index is 13.5. The predicted molar refractivity (Wildman–Crippen MR) is 129 cm³/mol. The second-order valence-electron chi connectivity index (χ2n) is 8.03. The first-order chi connectivity index (χ1) is 16.4. The number of nitriles is 2. The normalized spacial score (nSPS) is 14.0. The van der Waals surface area contributed by atoms with Crippen molar-refractivity contribution in [2.75, 3.05) is 18.1 Å². The van der Waals surface area contributed by atoms with E-state index < -0.39 is 10.8 Å². The molecule has 1 aliphatic rings. The molecule has 1 aliphatic heterocycles. The van der Waals surface area contributed by atoms with Crippen LogP contribution in [0.2, 0.25) is 0 Å². The van der Waals surface area contributed by atoms with Crippen molar-refractivity contribution in [1.29, 1.82) is 10.5 Å². The van der Waals surface area contributed by atoms with Gasteiger partial charge in [0.05, 0.1) is 33.2 Å². The summed E-state index contributed by atoms with van der Waals surface area (Å²) in [5.41, 5.74) is 3.16. The lowest BCUT2D eigenvalue weighted by Gasteiger charge is -2.27. The molecule has 172 valence electrons. The van der Waals surface area contributed by atoms with E-state index in [-0.39, 0.29) is 23.7 Å². The molecule has 0 radical (unpaired) electrons. The molecule has 1 N–H and O–H groups in total. The van der Waals surface area contributed by atoms with Crippen LogP contribution < -0.4 is 5.32 Å². The van der Waals surface area contributed by atoms with Gasteiger partial charge in [-0.3, -0.25) is 13.9 Å². The van der Waals surface area contributed by atoms with Crippen molar-refractivity contribution in [3.05, 3.63) is 81.0 Å². The maximum atomic E-state index is 13.5. The van der Waals surface area contributed by atoms with Gasteiger partial charge in [-0.2, -0.15) is 10.5 Å². The van der Waals surface area contributed by atoms with Gasteiger partial charge in [0.2, 0.25) is 5.91 Å². The highest BCUT2D eigenvalue weighted by Gasteiger charge is 2.25. The van der Waals surface area contributed by atoms with Gasteiger partial charge in [-0.1, -0.05) is 18.2 Å². The fourth-order valence-electron chi connectivity index (χ4n) is 4.06. The molecule has 0 saturated carbocycles. The van der Waals surface area contributed by atoms with Crippen molar-refractivity contribution in [3.8, 4) is 12.1 Å². The van der Waals surface area contributed by atoms with E-state index in [1.54, 1.807) is 24.3 Å². The lowest BCUT2D eigenvalue weighted by atomic mass is 10.0. The van der Waals surface area contributed by atoms with Crippen molar-refractivity contribution in [2.45, 2.75) is 30.8 Å². The highest BCUT2D eigenvalue weighted by molar-refractivity contribution is 7.84. The third kappa shape index (κ3) is 5.23. The van der Waals surface area contributed by atoms with Crippen molar-refractivity contribution in [3.63, 3.8) is 0 Å². The van der Waals surface area contributed by atoms with Crippen LogP contribution in [0, 0.1) is 28.5 Å². The number of nitrogens with zero attached hydrogens (tertiary/aromatic N) is 3. The summed E-state index contributed by atoms with van der Waals surface area (Å²) in [6.45, 7) is 1.92. The Labute approximate surface area is 203 Å². The Kier molecular flexibility index (Phi) is 7.18. The summed E-state index contributed by atoms with van der Waals surface area (Å²) < 4.78 is 25.3. The average molecular weight is 493 g/mol. The summed E-state index contributed by atoms with van der Waals surface area (Å²) in [7, 11) is -1.29. The van der Waals surface area contributed by atoms with Crippen LogP contribution in [0.25, 0.3) is 0 Å². The number of benzene rings is 2. The van der Waals surface area contributed by atoms with Gasteiger partial charge >= 0.3 is 0 Å². The molecular formula is C25H21FN4O2S2. The zero-order valence-electron chi connectivity index (χ0n) is 18.4. The fraction of sp³-hybridized carbons (Fsp3) is 0.240. The highest BCUT2D eigenvalue weighted by Crippen LogP contribution is 2.37. The van der Waals surface area contributed by atoms with Crippen LogP contribution in [0.4, 0.5) is 9.39 Å². The fourth-order valence-corrected chi connectivity index (χ4v) is 5.90. The molecule has 1 atom stereocenters. The second kappa shape index (κ2) is 10.3. The molecule has 3 aromatic rings. The molecule has 34 heavy (non-hydrogen) atoms. The Hall–Kier alpha value is -3.37. The van der Waals surface area contributed by atoms with Gasteiger partial charge < -0.3 is 5.32 Å². The van der Waals surface area contributed by atoms with E-state index in [4.69, 9.17) is 0 Å². The number of carbonyl (C=O) groups excluding carboxylic acids is 1. The molecule has 2 heterocycles. The summed E-state index contributed by atoms with van der Waals surface area (Å²) in [5, 5.41) is 22.5. The topological polar surface area (TPSA) is 97.0 Å². The Bertz CT molecular complexity index is 1370. The largest absolute Gasteiger partial charge is 0.316 e. The molecule has 4 rings (SSSR count). The summed E-state index contributed by atoms with van der Waals surface area (Å²) in [4.78, 5) is 16.4. The number of rotatable bonds is 6. The van der Waals surface area contributed by atoms with E-state index in [0.717, 1.165) is 29.0 Å². The van der Waals surface area contributed by atoms with E-state index in [1.165, 1.54) is 29.7 Å². The number of hydrogen-bond acceptors (Lipinski definition) is 6. The lowest BCUT2D eigenvalue weighted by Crippen LogP contribution is -2.29. The molecule has 2 aromatic carbocycles. The monoisotopic (exact) mass is 492 g/mol. The molecule has 1 amide bonds. The Balaban J connectivity index is 1.47. The van der Waals surface area contributed by atoms with E-state index in [9.17, 15) is 23.9 Å². The van der Waals surface area contributed by atoms with Crippen LogP contribution in [-0.4, -0.2) is 27.8 Å². The molecular weight excluding hydrogens is 471 g/mol. The summed E-state index contributed by atoms with van der Waals surface area (Å²) in [5.74, 6) is -0.561. The Morgan fingerprint density at radius 3 is 2.74 bits per heavy atom. The van der Waals surface area contributed by atoms with E-state index >= 15 is 0 Å². The minimum Gasteiger partial charge on any atom is -0.316 e. The van der Waals surface area contributed by atoms with Gasteiger partial charge in [0.15, 0.2) is 0 Å². The van der Waals surface area contributed by atoms with Crippen LogP contribution in [0.3, 0.4) is 0 Å². The van der Waals surface area contributed by atoms with E-state index in [1.807, 2.05) is 12.1 Å². The lowest BCUT2D eigenvalue weighted by molar-refractivity contribution is -0.115. The van der Waals surface area contributed by atoms with Crippen molar-refractivity contribution in [2.24, 2.45) is 0 Å². The van der Waals surface area contributed by atoms with Crippen LogP contribution in [0.15, 0.2) is 47.4 Å². The number of anilines is 1. The molecule has 0 fully saturated rings. The average Bonchev–Trinajstić information content (AvgIpc) is 3.14. The number of thiophene rings is 1. The molecule has 0 aliphatic carbocycles. The molecule has 0 saturated heterocycles. The molecule has 1 aromatic heterocycles. The van der Waals surface area contributed by atoms with Crippen LogP contribution in [0.1, 0.15) is 32.7 Å². The maximum Gasteiger partial charge on any atom is 0.229 e. The second-order valence-corrected chi connectivity index (χ2v) is 10.5. The quantitative estimate of drug-likeness (QED) is 0.559. The first kappa shape index (κ1) is 23.8. The number of amides is 1. The molecule has 9 heteroatoms. The van der Waals surface area contributed by atoms with Crippen LogP contribution in [-0.2, 0) is 41.5 Å². The summed E-state index contributed by atoms with van der Waals surface area (Å²) >= 11 is 1.42. The molecule has 0 spiro atoms. The summed E-state index contributed by atoms with van der Waals surface area (Å²) in [6, 6.07) is 15.6. The van der Waals surface area contributed by atoms with Gasteiger partial charge in [0.25, 0.3) is 0 Å². The predicted octanol–water partition coefficient (Wildman–Crippen LogP) is 4.11. The molecule has 6 nitrogen and oxygen atoms in total. The first-order valence-electron chi connectivity index (χ1n) is 10.6. The van der Waals surface area contributed by atoms with Crippen molar-refractivity contribution >= 4 is 33.0 Å². The van der Waals surface area contributed by atoms with Gasteiger partial charge in [-0.05, 0) is 41.8 Å². The Morgan fingerprint density at radius 2 is 2.03 bits per heavy atom. The number of halogens is 1. The highest BCUT2D eigenvalue weighted by atomic mass is 32.2. The third-order valence-corrected chi connectivity index (χ3v) is 7.81. The third-order valence-electron chi connectivity index (χ3n) is 5.63. The van der Waals surface area contributed by atoms with E-state index in [2.05, 4.69) is 16.3 Å². The standard InChI is InChI=1S/C25H21FN4O2S2/c1-34(32)23-6-5-16(9-18(23)12-27)11-24(31)29-25-20(13-28)21-15-30(8-7-22(21)33-25)14-17-3-2-4-19(26)10-17/h2-6,9-10H,7-8,11,14-15H2,1H3,(H,29,31). The van der Waals surface area contributed by atoms with Crippen molar-refractivity contribution < 1.29 is 13.4 Å². The number of hydrogen-bond donors (Lipinski definition) is 1. The SMILES string of the molecule is CS(=O)c1ccc(CC(=O)Nc2sc3c(c2C#N)CN(Cc2cccc(F)c2)CC3)cc1C#N. The number of nitrogens with one attached hydrogen (secondary N) is 1. The minimum atomic E-state index is -1.29. The zero-order valence-corrected chi connectivity index (χ0v) is 20.1. The smallest absolute Gasteiger partial charge is 0.229 e. The minimum absolute atomic E-state index is 0.0322. The van der Waals surface area contributed by atoms with E-state index in [0.29, 0.717) is 34.1 Å². The zero-order chi connectivity index (χ0) is 24.2. The summed E-state index contributed by atoms with van der Waals surface area (Å²) in [6.07, 6.45) is 2.29. The van der Waals surface area contributed by atoms with Gasteiger partial charge in [-0.15, -0.1) is 11.3 Å². The van der Waals surface area contributed by atoms with Crippen LogP contribution in [0.5, 0.6) is 0 Å². The van der Waals surface area contributed by atoms with Crippen molar-refractivity contribution in [1.82, 2.24) is 4.90 Å². The number of carbonyl (C=O) groups is 1. The molecule has 1 unspecified atom stereocenters. The molecule has 0 bridgehead atoms. The van der Waals surface area contributed by atoms with Gasteiger partial charge in [0, 0.05) is 36.3 Å². The Morgan fingerprint density at radius 1 is 1.21 bits per heavy atom. The number of fused-ring (bicyclic) bond motifs is 1. The first-order valence-corrected chi connectivity index (χ1v) is 12.9. The van der Waals surface area contributed by atoms with Gasteiger partial charge in [0.1, 0.15) is 23.0 Å².